The number of likely N-dealkylation sites (N-methyl/N-ethyl adjacent to an activating group) is 1. The monoisotopic (exact) mass is 249 g/mol. The Morgan fingerprint density at radius 3 is 2.39 bits per heavy atom. The van der Waals surface area contributed by atoms with Crippen molar-refractivity contribution in [2.24, 2.45) is 5.92 Å². The maximum atomic E-state index is 5.89. The zero-order chi connectivity index (χ0) is 13.7. The Labute approximate surface area is 111 Å². The third-order valence-corrected chi connectivity index (χ3v) is 2.81. The summed E-state index contributed by atoms with van der Waals surface area (Å²) in [7, 11) is 4.22. The van der Waals surface area contributed by atoms with Gasteiger partial charge >= 0.3 is 0 Å². The van der Waals surface area contributed by atoms with Crippen LogP contribution in [0.4, 0.5) is 11.4 Å². The molecule has 1 unspecified atom stereocenters. The largest absolute Gasteiger partial charge is 0.399 e. The predicted molar refractivity (Wildman–Crippen MR) is 81.0 cm³/mol. The molecular weight excluding hydrogens is 222 g/mol. The maximum absolute atomic E-state index is 5.89. The van der Waals surface area contributed by atoms with Crippen molar-refractivity contribution in [2.75, 3.05) is 31.7 Å². The molecule has 1 aromatic carbocycles. The second kappa shape index (κ2) is 6.64. The third-order valence-electron chi connectivity index (χ3n) is 2.81. The number of benzene rings is 1. The summed E-state index contributed by atoms with van der Waals surface area (Å²) in [6.07, 6.45) is 1.16. The first-order chi connectivity index (χ1) is 8.36. The first-order valence-electron chi connectivity index (χ1n) is 6.65. The fraction of sp³-hybridized carbons (Fsp3) is 0.600. The van der Waals surface area contributed by atoms with Crippen LogP contribution in [0.1, 0.15) is 25.8 Å². The van der Waals surface area contributed by atoms with E-state index in [1.807, 2.05) is 12.1 Å². The third kappa shape index (κ3) is 5.41. The van der Waals surface area contributed by atoms with Crippen LogP contribution in [-0.4, -0.2) is 31.6 Å². The first-order valence-corrected chi connectivity index (χ1v) is 6.65. The molecule has 3 heteroatoms. The van der Waals surface area contributed by atoms with E-state index in [2.05, 4.69) is 51.1 Å². The number of nitrogens with zero attached hydrogens (tertiary/aromatic N) is 1. The summed E-state index contributed by atoms with van der Waals surface area (Å²) in [4.78, 5) is 2.22. The molecule has 0 bridgehead atoms. The Morgan fingerprint density at radius 1 is 1.22 bits per heavy atom. The lowest BCUT2D eigenvalue weighted by Gasteiger charge is -2.25. The van der Waals surface area contributed by atoms with Crippen LogP contribution in [0, 0.1) is 12.8 Å². The van der Waals surface area contributed by atoms with Crippen molar-refractivity contribution in [2.45, 2.75) is 33.2 Å². The molecule has 0 aliphatic rings. The molecule has 0 radical (unpaired) electrons. The average molecular weight is 249 g/mol. The van der Waals surface area contributed by atoms with Crippen LogP contribution < -0.4 is 11.1 Å². The number of aryl methyl sites for hydroxylation is 1. The summed E-state index contributed by atoms with van der Waals surface area (Å²) in [6.45, 7) is 7.63. The van der Waals surface area contributed by atoms with Crippen LogP contribution in [0.3, 0.4) is 0 Å². The Hall–Kier alpha value is -1.22. The van der Waals surface area contributed by atoms with E-state index in [1.54, 1.807) is 0 Å². The zero-order valence-electron chi connectivity index (χ0n) is 12.3. The normalized spacial score (nSPS) is 13.1. The number of nitrogen functional groups attached to an aromatic ring is 1. The highest BCUT2D eigenvalue weighted by atomic mass is 15.1. The van der Waals surface area contributed by atoms with E-state index in [-0.39, 0.29) is 0 Å². The number of rotatable bonds is 6. The molecule has 0 aliphatic heterocycles. The number of hydrogen-bond acceptors (Lipinski definition) is 3. The summed E-state index contributed by atoms with van der Waals surface area (Å²) >= 11 is 0. The Balaban J connectivity index is 2.74. The van der Waals surface area contributed by atoms with E-state index >= 15 is 0 Å². The van der Waals surface area contributed by atoms with Crippen molar-refractivity contribution in [3.05, 3.63) is 23.8 Å². The van der Waals surface area contributed by atoms with E-state index in [0.717, 1.165) is 24.3 Å². The molecule has 1 aromatic rings. The summed E-state index contributed by atoms with van der Waals surface area (Å²) in [5.74, 6) is 0.685. The zero-order valence-corrected chi connectivity index (χ0v) is 12.3. The fourth-order valence-corrected chi connectivity index (χ4v) is 2.32. The fourth-order valence-electron chi connectivity index (χ4n) is 2.32. The first kappa shape index (κ1) is 14.8. The van der Waals surface area contributed by atoms with E-state index in [9.17, 15) is 0 Å². The van der Waals surface area contributed by atoms with Crippen molar-refractivity contribution in [3.8, 4) is 0 Å². The van der Waals surface area contributed by atoms with Gasteiger partial charge < -0.3 is 16.0 Å². The molecule has 0 fully saturated rings. The van der Waals surface area contributed by atoms with E-state index in [0.29, 0.717) is 12.0 Å². The van der Waals surface area contributed by atoms with Gasteiger partial charge in [-0.2, -0.15) is 0 Å². The highest BCUT2D eigenvalue weighted by Gasteiger charge is 2.12. The van der Waals surface area contributed by atoms with Gasteiger partial charge in [0.2, 0.25) is 0 Å². The summed E-state index contributed by atoms with van der Waals surface area (Å²) in [5, 5.41) is 3.60. The van der Waals surface area contributed by atoms with Gasteiger partial charge in [-0.1, -0.05) is 13.8 Å². The number of anilines is 2. The van der Waals surface area contributed by atoms with Gasteiger partial charge in [0.05, 0.1) is 0 Å². The van der Waals surface area contributed by atoms with E-state index in [4.69, 9.17) is 5.73 Å². The van der Waals surface area contributed by atoms with Crippen LogP contribution in [0.25, 0.3) is 0 Å². The van der Waals surface area contributed by atoms with Crippen LogP contribution >= 0.6 is 0 Å². The van der Waals surface area contributed by atoms with Crippen molar-refractivity contribution in [3.63, 3.8) is 0 Å². The SMILES string of the molecule is Cc1cc(N)cc(NC(CC(C)C)CN(C)C)c1. The van der Waals surface area contributed by atoms with Gasteiger partial charge in [0.15, 0.2) is 0 Å². The molecule has 1 atom stereocenters. The Bertz CT molecular complexity index is 342. The van der Waals surface area contributed by atoms with Crippen LogP contribution in [0.5, 0.6) is 0 Å². The highest BCUT2D eigenvalue weighted by molar-refractivity contribution is 5.57. The highest BCUT2D eigenvalue weighted by Crippen LogP contribution is 2.19. The van der Waals surface area contributed by atoms with Gasteiger partial charge in [0.1, 0.15) is 0 Å². The molecule has 0 saturated carbocycles. The predicted octanol–water partition coefficient (Wildman–Crippen LogP) is 2.97. The summed E-state index contributed by atoms with van der Waals surface area (Å²) < 4.78 is 0. The lowest BCUT2D eigenvalue weighted by atomic mass is 10.0. The minimum absolute atomic E-state index is 0.459. The summed E-state index contributed by atoms with van der Waals surface area (Å²) in [6, 6.07) is 6.62. The number of nitrogens with two attached hydrogens (primary N) is 1. The summed E-state index contributed by atoms with van der Waals surface area (Å²) in [5.41, 5.74) is 9.04. The maximum Gasteiger partial charge on any atom is 0.0390 e. The van der Waals surface area contributed by atoms with Gasteiger partial charge in [-0.3, -0.25) is 0 Å². The molecule has 0 aromatic heterocycles. The van der Waals surface area contributed by atoms with Crippen LogP contribution in [0.15, 0.2) is 18.2 Å². The van der Waals surface area contributed by atoms with Crippen molar-refractivity contribution < 1.29 is 0 Å². The second-order valence-corrected chi connectivity index (χ2v) is 5.87. The molecule has 0 aliphatic carbocycles. The van der Waals surface area contributed by atoms with Gasteiger partial charge in [-0.05, 0) is 57.1 Å². The quantitative estimate of drug-likeness (QED) is 0.762. The molecule has 3 N–H and O–H groups in total. The average Bonchev–Trinajstić information content (AvgIpc) is 2.12. The minimum Gasteiger partial charge on any atom is -0.399 e. The molecule has 18 heavy (non-hydrogen) atoms. The molecule has 3 nitrogen and oxygen atoms in total. The molecule has 0 amide bonds. The van der Waals surface area contributed by atoms with Crippen molar-refractivity contribution in [1.82, 2.24) is 4.90 Å². The van der Waals surface area contributed by atoms with Gasteiger partial charge in [0.25, 0.3) is 0 Å². The minimum atomic E-state index is 0.459. The standard InChI is InChI=1S/C15H27N3/c1-11(2)6-15(10-18(4)5)17-14-8-12(3)7-13(16)9-14/h7-9,11,15,17H,6,10,16H2,1-5H3. The second-order valence-electron chi connectivity index (χ2n) is 5.87. The molecule has 0 spiro atoms. The lowest BCUT2D eigenvalue weighted by molar-refractivity contribution is 0.356. The van der Waals surface area contributed by atoms with Gasteiger partial charge in [0, 0.05) is 24.0 Å². The number of nitrogens with one attached hydrogen (secondary N) is 1. The topological polar surface area (TPSA) is 41.3 Å². The van der Waals surface area contributed by atoms with Crippen molar-refractivity contribution >= 4 is 11.4 Å². The molecular formula is C15H27N3. The lowest BCUT2D eigenvalue weighted by Crippen LogP contribution is -2.33. The van der Waals surface area contributed by atoms with Crippen LogP contribution in [-0.2, 0) is 0 Å². The Morgan fingerprint density at radius 2 is 1.89 bits per heavy atom. The van der Waals surface area contributed by atoms with E-state index in [1.165, 1.54) is 5.56 Å². The van der Waals surface area contributed by atoms with Gasteiger partial charge in [-0.25, -0.2) is 0 Å². The number of hydrogen-bond donors (Lipinski definition) is 2. The molecule has 102 valence electrons. The van der Waals surface area contributed by atoms with E-state index < -0.39 is 0 Å². The van der Waals surface area contributed by atoms with Crippen molar-refractivity contribution in [1.29, 1.82) is 0 Å². The van der Waals surface area contributed by atoms with Crippen LogP contribution in [0.2, 0.25) is 0 Å². The smallest absolute Gasteiger partial charge is 0.0390 e. The molecule has 0 saturated heterocycles. The van der Waals surface area contributed by atoms with Gasteiger partial charge in [-0.15, -0.1) is 0 Å². The molecule has 1 rings (SSSR count). The Kier molecular flexibility index (Phi) is 5.48. The molecule has 0 heterocycles.